The molecule has 100 valence electrons. The van der Waals surface area contributed by atoms with Gasteiger partial charge >= 0.3 is 5.97 Å². The Morgan fingerprint density at radius 2 is 2.16 bits per heavy atom. The molecule has 2 aromatic rings. The number of ether oxygens (including phenoxy) is 1. The molecular formula is C15H16O4. The molecular weight excluding hydrogens is 244 g/mol. The number of para-hydroxylation sites is 1. The van der Waals surface area contributed by atoms with Crippen LogP contribution in [0, 0.1) is 5.92 Å². The number of benzene rings is 1. The SMILES string of the molecule is O=C(O)c1oc2ccccc2c1COCCC1CC1. The van der Waals surface area contributed by atoms with Crippen LogP contribution in [-0.4, -0.2) is 17.7 Å². The molecule has 1 aromatic heterocycles. The lowest BCUT2D eigenvalue weighted by Gasteiger charge is -2.03. The van der Waals surface area contributed by atoms with Crippen LogP contribution in [0.1, 0.15) is 35.4 Å². The molecule has 0 bridgehead atoms. The van der Waals surface area contributed by atoms with Gasteiger partial charge in [0.25, 0.3) is 0 Å². The van der Waals surface area contributed by atoms with Crippen LogP contribution in [0.25, 0.3) is 11.0 Å². The number of fused-ring (bicyclic) bond motifs is 1. The van der Waals surface area contributed by atoms with Gasteiger partial charge in [-0.2, -0.15) is 0 Å². The molecule has 4 heteroatoms. The molecule has 19 heavy (non-hydrogen) atoms. The number of furan rings is 1. The van der Waals surface area contributed by atoms with Crippen molar-refractivity contribution in [2.75, 3.05) is 6.61 Å². The van der Waals surface area contributed by atoms with Gasteiger partial charge in [0.15, 0.2) is 0 Å². The third-order valence-electron chi connectivity index (χ3n) is 3.51. The first-order chi connectivity index (χ1) is 9.25. The quantitative estimate of drug-likeness (QED) is 0.808. The first-order valence-corrected chi connectivity index (χ1v) is 6.57. The van der Waals surface area contributed by atoms with Crippen LogP contribution in [0.4, 0.5) is 0 Å². The van der Waals surface area contributed by atoms with Gasteiger partial charge in [0.2, 0.25) is 5.76 Å². The average Bonchev–Trinajstić information content (AvgIpc) is 3.15. The van der Waals surface area contributed by atoms with Crippen LogP contribution in [0.15, 0.2) is 28.7 Å². The zero-order chi connectivity index (χ0) is 13.2. The molecule has 0 atom stereocenters. The third kappa shape index (κ3) is 2.63. The van der Waals surface area contributed by atoms with Gasteiger partial charge in [-0.05, 0) is 18.4 Å². The minimum absolute atomic E-state index is 0.00683. The van der Waals surface area contributed by atoms with Crippen molar-refractivity contribution in [3.63, 3.8) is 0 Å². The predicted octanol–water partition coefficient (Wildman–Crippen LogP) is 3.45. The maximum Gasteiger partial charge on any atom is 0.372 e. The minimum Gasteiger partial charge on any atom is -0.475 e. The van der Waals surface area contributed by atoms with Gasteiger partial charge in [-0.25, -0.2) is 4.79 Å². The number of hydrogen-bond acceptors (Lipinski definition) is 3. The molecule has 0 saturated heterocycles. The number of carbonyl (C=O) groups is 1. The molecule has 1 N–H and O–H groups in total. The number of aromatic carboxylic acids is 1. The minimum atomic E-state index is -1.04. The summed E-state index contributed by atoms with van der Waals surface area (Å²) in [6.45, 7) is 0.981. The summed E-state index contributed by atoms with van der Waals surface area (Å²) in [6, 6.07) is 7.34. The molecule has 0 radical (unpaired) electrons. The van der Waals surface area contributed by atoms with Crippen molar-refractivity contribution in [1.82, 2.24) is 0 Å². The monoisotopic (exact) mass is 260 g/mol. The molecule has 0 amide bonds. The lowest BCUT2D eigenvalue weighted by Crippen LogP contribution is -2.02. The second-order valence-electron chi connectivity index (χ2n) is 5.00. The topological polar surface area (TPSA) is 59.7 Å². The van der Waals surface area contributed by atoms with Crippen molar-refractivity contribution in [3.8, 4) is 0 Å². The van der Waals surface area contributed by atoms with Crippen LogP contribution in [0.5, 0.6) is 0 Å². The Labute approximate surface area is 111 Å². The molecule has 1 heterocycles. The third-order valence-corrected chi connectivity index (χ3v) is 3.51. The Bertz CT molecular complexity index is 595. The van der Waals surface area contributed by atoms with Crippen molar-refractivity contribution >= 4 is 16.9 Å². The zero-order valence-electron chi connectivity index (χ0n) is 10.6. The Morgan fingerprint density at radius 3 is 2.89 bits per heavy atom. The molecule has 4 nitrogen and oxygen atoms in total. The summed E-state index contributed by atoms with van der Waals surface area (Å²) in [5, 5.41) is 10.00. The van der Waals surface area contributed by atoms with E-state index in [0.717, 1.165) is 17.7 Å². The van der Waals surface area contributed by atoms with Crippen LogP contribution in [0.2, 0.25) is 0 Å². The molecule has 0 unspecified atom stereocenters. The van der Waals surface area contributed by atoms with Crippen LogP contribution < -0.4 is 0 Å². The van der Waals surface area contributed by atoms with E-state index in [1.54, 1.807) is 6.07 Å². The van der Waals surface area contributed by atoms with E-state index in [1.165, 1.54) is 12.8 Å². The molecule has 1 aliphatic rings. The standard InChI is InChI=1S/C15H16O4/c16-15(17)14-12(9-18-8-7-10-5-6-10)11-3-1-2-4-13(11)19-14/h1-4,10H,5-9H2,(H,16,17). The number of carboxylic acid groups (broad SMARTS) is 1. The molecule has 1 saturated carbocycles. The van der Waals surface area contributed by atoms with Crippen LogP contribution >= 0.6 is 0 Å². The molecule has 0 aliphatic heterocycles. The summed E-state index contributed by atoms with van der Waals surface area (Å²) in [5.74, 6) is -0.232. The van der Waals surface area contributed by atoms with Gasteiger partial charge in [0, 0.05) is 17.6 Å². The summed E-state index contributed by atoms with van der Waals surface area (Å²) < 4.78 is 11.0. The van der Waals surface area contributed by atoms with Gasteiger partial charge in [-0.1, -0.05) is 31.0 Å². The first kappa shape index (κ1) is 12.2. The fraction of sp³-hybridized carbons (Fsp3) is 0.400. The highest BCUT2D eigenvalue weighted by atomic mass is 16.5. The van der Waals surface area contributed by atoms with E-state index in [9.17, 15) is 9.90 Å². The smallest absolute Gasteiger partial charge is 0.372 e. The van der Waals surface area contributed by atoms with Crippen molar-refractivity contribution in [2.24, 2.45) is 5.92 Å². The van der Waals surface area contributed by atoms with E-state index in [4.69, 9.17) is 9.15 Å². The summed E-state index contributed by atoms with van der Waals surface area (Å²) >= 11 is 0. The normalized spacial score (nSPS) is 14.9. The largest absolute Gasteiger partial charge is 0.475 e. The molecule has 1 aliphatic carbocycles. The molecule has 3 rings (SSSR count). The molecule has 1 aromatic carbocycles. The van der Waals surface area contributed by atoms with Gasteiger partial charge in [-0.15, -0.1) is 0 Å². The van der Waals surface area contributed by atoms with Gasteiger partial charge in [0.05, 0.1) is 6.61 Å². The number of carboxylic acids is 1. The van der Waals surface area contributed by atoms with E-state index in [2.05, 4.69) is 0 Å². The maximum atomic E-state index is 11.2. The molecule has 0 spiro atoms. The average molecular weight is 260 g/mol. The van der Waals surface area contributed by atoms with Crippen molar-refractivity contribution in [3.05, 3.63) is 35.6 Å². The Kier molecular flexibility index (Phi) is 3.25. The lowest BCUT2D eigenvalue weighted by molar-refractivity contribution is 0.0651. The van der Waals surface area contributed by atoms with Crippen molar-refractivity contribution < 1.29 is 19.1 Å². The fourth-order valence-electron chi connectivity index (χ4n) is 2.25. The van der Waals surface area contributed by atoms with E-state index in [-0.39, 0.29) is 5.76 Å². The number of rotatable bonds is 6. The summed E-state index contributed by atoms with van der Waals surface area (Å²) in [7, 11) is 0. The number of hydrogen-bond donors (Lipinski definition) is 1. The first-order valence-electron chi connectivity index (χ1n) is 6.57. The second kappa shape index (κ2) is 5.05. The Hall–Kier alpha value is -1.81. The highest BCUT2D eigenvalue weighted by Gasteiger charge is 2.22. The van der Waals surface area contributed by atoms with Crippen molar-refractivity contribution in [2.45, 2.75) is 25.9 Å². The highest BCUT2D eigenvalue weighted by molar-refractivity contribution is 5.94. The van der Waals surface area contributed by atoms with E-state index in [1.807, 2.05) is 18.2 Å². The van der Waals surface area contributed by atoms with Gasteiger partial charge < -0.3 is 14.3 Å². The second-order valence-corrected chi connectivity index (χ2v) is 5.00. The van der Waals surface area contributed by atoms with Gasteiger partial charge in [-0.3, -0.25) is 0 Å². The predicted molar refractivity (Wildman–Crippen MR) is 70.2 cm³/mol. The lowest BCUT2D eigenvalue weighted by atomic mass is 10.1. The molecule has 1 fully saturated rings. The summed E-state index contributed by atoms with van der Waals surface area (Å²) in [5.41, 5.74) is 1.24. The summed E-state index contributed by atoms with van der Waals surface area (Å²) in [6.07, 6.45) is 3.68. The van der Waals surface area contributed by atoms with Gasteiger partial charge in [0.1, 0.15) is 5.58 Å². The van der Waals surface area contributed by atoms with Crippen LogP contribution in [-0.2, 0) is 11.3 Å². The van der Waals surface area contributed by atoms with Crippen LogP contribution in [0.3, 0.4) is 0 Å². The Balaban J connectivity index is 1.78. The van der Waals surface area contributed by atoms with E-state index in [0.29, 0.717) is 24.4 Å². The zero-order valence-corrected chi connectivity index (χ0v) is 10.6. The van der Waals surface area contributed by atoms with E-state index >= 15 is 0 Å². The highest BCUT2D eigenvalue weighted by Crippen LogP contribution is 2.32. The summed E-state index contributed by atoms with van der Waals surface area (Å²) in [4.78, 5) is 11.2. The van der Waals surface area contributed by atoms with Crippen molar-refractivity contribution in [1.29, 1.82) is 0 Å². The fourth-order valence-corrected chi connectivity index (χ4v) is 2.25. The maximum absolute atomic E-state index is 11.2. The Morgan fingerprint density at radius 1 is 1.37 bits per heavy atom. The van der Waals surface area contributed by atoms with E-state index < -0.39 is 5.97 Å².